The van der Waals surface area contributed by atoms with Crippen molar-refractivity contribution in [3.05, 3.63) is 41.1 Å². The van der Waals surface area contributed by atoms with Crippen LogP contribution in [0.3, 0.4) is 0 Å². The van der Waals surface area contributed by atoms with E-state index >= 15 is 0 Å². The number of thiocarbonyl (C=S) groups is 1. The lowest BCUT2D eigenvalue weighted by Crippen LogP contribution is -2.53. The maximum absolute atomic E-state index is 5.51. The fourth-order valence-electron chi connectivity index (χ4n) is 2.37. The third-order valence-corrected chi connectivity index (χ3v) is 3.44. The molecule has 0 aliphatic carbocycles. The summed E-state index contributed by atoms with van der Waals surface area (Å²) in [6, 6.07) is 6.45. The van der Waals surface area contributed by atoms with Crippen LogP contribution in [0.2, 0.25) is 0 Å². The number of nitrogens with zero attached hydrogens (tertiary/aromatic N) is 1. The zero-order chi connectivity index (χ0) is 13.5. The Morgan fingerprint density at radius 1 is 1.17 bits per heavy atom. The van der Waals surface area contributed by atoms with Gasteiger partial charge in [0.1, 0.15) is 0 Å². The molecule has 0 fully saturated rings. The Bertz CT molecular complexity index is 529. The van der Waals surface area contributed by atoms with Gasteiger partial charge in [-0.25, -0.2) is 0 Å². The Labute approximate surface area is 115 Å². The van der Waals surface area contributed by atoms with Gasteiger partial charge < -0.3 is 5.32 Å². The van der Waals surface area contributed by atoms with E-state index < -0.39 is 0 Å². The van der Waals surface area contributed by atoms with E-state index in [0.717, 1.165) is 10.8 Å². The number of anilines is 1. The Morgan fingerprint density at radius 2 is 1.83 bits per heavy atom. The number of nitrogens with one attached hydrogen (secondary N) is 1. The van der Waals surface area contributed by atoms with Crippen molar-refractivity contribution in [2.75, 3.05) is 4.90 Å². The minimum absolute atomic E-state index is 0.0740. The lowest BCUT2D eigenvalue weighted by atomic mass is 10.0. The van der Waals surface area contributed by atoms with Crippen molar-refractivity contribution in [3.63, 3.8) is 0 Å². The van der Waals surface area contributed by atoms with Gasteiger partial charge in [0.25, 0.3) is 0 Å². The van der Waals surface area contributed by atoms with Crippen LogP contribution in [0, 0.1) is 13.8 Å². The molecule has 0 spiro atoms. The average molecular weight is 260 g/mol. The second-order valence-corrected chi connectivity index (χ2v) is 5.95. The molecule has 0 unspecified atom stereocenters. The molecular weight excluding hydrogens is 240 g/mol. The molecule has 0 saturated heterocycles. The van der Waals surface area contributed by atoms with Crippen molar-refractivity contribution in [2.24, 2.45) is 0 Å². The monoisotopic (exact) mass is 260 g/mol. The highest BCUT2D eigenvalue weighted by Gasteiger charge is 2.28. The maximum Gasteiger partial charge on any atom is 0.178 e. The van der Waals surface area contributed by atoms with Crippen LogP contribution in [0.15, 0.2) is 30.0 Å². The topological polar surface area (TPSA) is 15.3 Å². The van der Waals surface area contributed by atoms with Crippen molar-refractivity contribution < 1.29 is 0 Å². The van der Waals surface area contributed by atoms with Crippen LogP contribution in [0.25, 0.3) is 0 Å². The molecule has 0 bridgehead atoms. The molecule has 1 N–H and O–H groups in total. The lowest BCUT2D eigenvalue weighted by Gasteiger charge is -2.38. The van der Waals surface area contributed by atoms with Gasteiger partial charge in [0.05, 0.1) is 11.2 Å². The molecule has 1 aliphatic rings. The van der Waals surface area contributed by atoms with Crippen molar-refractivity contribution in [1.82, 2.24) is 5.32 Å². The van der Waals surface area contributed by atoms with Gasteiger partial charge >= 0.3 is 0 Å². The molecule has 96 valence electrons. The highest BCUT2D eigenvalue weighted by Crippen LogP contribution is 2.29. The SMILES string of the molecule is CC1=CC(C)(C)NC(=S)N1c1cc(C)ccc1C. The van der Waals surface area contributed by atoms with Crippen LogP contribution in [-0.2, 0) is 0 Å². The largest absolute Gasteiger partial charge is 0.354 e. The van der Waals surface area contributed by atoms with Crippen LogP contribution in [0.4, 0.5) is 5.69 Å². The van der Waals surface area contributed by atoms with E-state index in [1.54, 1.807) is 0 Å². The summed E-state index contributed by atoms with van der Waals surface area (Å²) in [5.74, 6) is 0. The number of benzene rings is 1. The molecule has 1 heterocycles. The van der Waals surface area contributed by atoms with Crippen LogP contribution in [-0.4, -0.2) is 10.7 Å². The Kier molecular flexibility index (Phi) is 3.20. The molecule has 1 aromatic carbocycles. The predicted octanol–water partition coefficient (Wildman–Crippen LogP) is 3.68. The molecule has 0 radical (unpaired) electrons. The molecule has 0 atom stereocenters. The van der Waals surface area contributed by atoms with E-state index in [1.165, 1.54) is 16.8 Å². The Balaban J connectivity index is 2.51. The number of hydrogen-bond donors (Lipinski definition) is 1. The molecule has 2 rings (SSSR count). The molecule has 1 aliphatic heterocycles. The van der Waals surface area contributed by atoms with Crippen molar-refractivity contribution in [1.29, 1.82) is 0 Å². The molecular formula is C15H20N2S. The van der Waals surface area contributed by atoms with E-state index in [2.05, 4.69) is 69.1 Å². The maximum atomic E-state index is 5.51. The number of aryl methyl sites for hydroxylation is 2. The first kappa shape index (κ1) is 13.1. The highest BCUT2D eigenvalue weighted by atomic mass is 32.1. The molecule has 0 amide bonds. The van der Waals surface area contributed by atoms with Crippen LogP contribution >= 0.6 is 12.2 Å². The summed E-state index contributed by atoms with van der Waals surface area (Å²) >= 11 is 5.51. The third kappa shape index (κ3) is 2.41. The minimum atomic E-state index is -0.0740. The fourth-order valence-corrected chi connectivity index (χ4v) is 2.88. The highest BCUT2D eigenvalue weighted by molar-refractivity contribution is 7.80. The molecule has 1 aromatic rings. The van der Waals surface area contributed by atoms with Crippen molar-refractivity contribution in [3.8, 4) is 0 Å². The van der Waals surface area contributed by atoms with Gasteiger partial charge in [0.2, 0.25) is 0 Å². The average Bonchev–Trinajstić information content (AvgIpc) is 2.20. The van der Waals surface area contributed by atoms with Crippen LogP contribution in [0.1, 0.15) is 31.9 Å². The second kappa shape index (κ2) is 4.39. The Morgan fingerprint density at radius 3 is 2.44 bits per heavy atom. The first-order valence-electron chi connectivity index (χ1n) is 6.19. The van der Waals surface area contributed by atoms with Crippen LogP contribution < -0.4 is 10.2 Å². The van der Waals surface area contributed by atoms with E-state index in [9.17, 15) is 0 Å². The van der Waals surface area contributed by atoms with E-state index in [-0.39, 0.29) is 5.54 Å². The molecule has 0 aromatic heterocycles. The first-order valence-corrected chi connectivity index (χ1v) is 6.60. The zero-order valence-electron chi connectivity index (χ0n) is 11.7. The standard InChI is InChI=1S/C15H20N2S/c1-10-6-7-11(2)13(8-10)17-12(3)9-15(4,5)16-14(17)18/h6-9H,1-5H3,(H,16,18). The molecule has 18 heavy (non-hydrogen) atoms. The zero-order valence-corrected chi connectivity index (χ0v) is 12.5. The third-order valence-electron chi connectivity index (χ3n) is 3.16. The normalized spacial score (nSPS) is 18.4. The van der Waals surface area contributed by atoms with E-state index in [0.29, 0.717) is 0 Å². The summed E-state index contributed by atoms with van der Waals surface area (Å²) in [7, 11) is 0. The van der Waals surface area contributed by atoms with Crippen molar-refractivity contribution in [2.45, 2.75) is 40.2 Å². The fraction of sp³-hybridized carbons (Fsp3) is 0.400. The molecule has 2 nitrogen and oxygen atoms in total. The van der Waals surface area contributed by atoms with Gasteiger partial charge in [-0.3, -0.25) is 4.90 Å². The number of hydrogen-bond acceptors (Lipinski definition) is 1. The summed E-state index contributed by atoms with van der Waals surface area (Å²) in [6.07, 6.45) is 2.21. The summed E-state index contributed by atoms with van der Waals surface area (Å²) < 4.78 is 0. The lowest BCUT2D eigenvalue weighted by molar-refractivity contribution is 0.559. The Hall–Kier alpha value is -1.35. The van der Waals surface area contributed by atoms with Gasteiger partial charge in [0, 0.05) is 5.70 Å². The van der Waals surface area contributed by atoms with Crippen molar-refractivity contribution >= 4 is 23.0 Å². The number of rotatable bonds is 1. The van der Waals surface area contributed by atoms with Crippen LogP contribution in [0.5, 0.6) is 0 Å². The van der Waals surface area contributed by atoms with Gasteiger partial charge in [0.15, 0.2) is 5.11 Å². The van der Waals surface area contributed by atoms with E-state index in [1.807, 2.05) is 0 Å². The van der Waals surface area contributed by atoms with E-state index in [4.69, 9.17) is 12.2 Å². The second-order valence-electron chi connectivity index (χ2n) is 5.56. The first-order chi connectivity index (χ1) is 8.30. The summed E-state index contributed by atoms with van der Waals surface area (Å²) in [5, 5.41) is 4.13. The van der Waals surface area contributed by atoms with Gasteiger partial charge in [-0.05, 0) is 70.1 Å². The summed E-state index contributed by atoms with van der Waals surface area (Å²) in [6.45, 7) is 10.6. The molecule has 3 heteroatoms. The quantitative estimate of drug-likeness (QED) is 0.775. The number of allylic oxidation sites excluding steroid dienone is 1. The summed E-state index contributed by atoms with van der Waals surface area (Å²) in [5.41, 5.74) is 4.75. The summed E-state index contributed by atoms with van der Waals surface area (Å²) in [4.78, 5) is 2.11. The van der Waals surface area contributed by atoms with Gasteiger partial charge in [-0.15, -0.1) is 0 Å². The molecule has 0 saturated carbocycles. The predicted molar refractivity (Wildman–Crippen MR) is 82.0 cm³/mol. The van der Waals surface area contributed by atoms with Gasteiger partial charge in [-0.2, -0.15) is 0 Å². The smallest absolute Gasteiger partial charge is 0.178 e. The minimum Gasteiger partial charge on any atom is -0.354 e. The van der Waals surface area contributed by atoms with Gasteiger partial charge in [-0.1, -0.05) is 12.1 Å².